The fourth-order valence-corrected chi connectivity index (χ4v) is 3.26. The second kappa shape index (κ2) is 8.13. The van der Waals surface area contributed by atoms with Gasteiger partial charge in [-0.2, -0.15) is 0 Å². The van der Waals surface area contributed by atoms with Gasteiger partial charge in [0.2, 0.25) is 17.9 Å². The van der Waals surface area contributed by atoms with Crippen LogP contribution in [0.4, 0.5) is 0 Å². The molecule has 0 aliphatic carbocycles. The Balaban J connectivity index is 1.50. The summed E-state index contributed by atoms with van der Waals surface area (Å²) in [6.07, 6.45) is -0.738. The predicted octanol–water partition coefficient (Wildman–Crippen LogP) is 3.97. The molecule has 0 saturated carbocycles. The molecule has 150 valence electrons. The zero-order valence-corrected chi connectivity index (χ0v) is 16.8. The van der Waals surface area contributed by atoms with Crippen molar-refractivity contribution < 1.29 is 18.7 Å². The Morgan fingerprint density at radius 1 is 1.14 bits per heavy atom. The van der Waals surface area contributed by atoms with Gasteiger partial charge >= 0.3 is 0 Å². The van der Waals surface area contributed by atoms with Crippen molar-refractivity contribution in [3.63, 3.8) is 0 Å². The summed E-state index contributed by atoms with van der Waals surface area (Å²) >= 11 is 6.19. The highest BCUT2D eigenvalue weighted by atomic mass is 35.5. The van der Waals surface area contributed by atoms with E-state index in [1.165, 1.54) is 0 Å². The molecule has 7 nitrogen and oxygen atoms in total. The first-order valence-electron chi connectivity index (χ1n) is 9.29. The Bertz CT molecular complexity index is 1020. The minimum atomic E-state index is -0.738. The normalized spacial score (nSPS) is 15.4. The maximum Gasteiger partial charge on any atom is 0.267 e. The molecular formula is C21H20ClN3O4. The van der Waals surface area contributed by atoms with E-state index < -0.39 is 6.10 Å². The molecule has 1 aliphatic heterocycles. The van der Waals surface area contributed by atoms with Crippen LogP contribution in [-0.2, 0) is 11.3 Å². The number of hydrogen-bond acceptors (Lipinski definition) is 6. The van der Waals surface area contributed by atoms with Gasteiger partial charge < -0.3 is 18.8 Å². The van der Waals surface area contributed by atoms with Crippen LogP contribution in [0.3, 0.4) is 0 Å². The lowest BCUT2D eigenvalue weighted by Crippen LogP contribution is -2.48. The van der Waals surface area contributed by atoms with Crippen molar-refractivity contribution in [2.75, 3.05) is 6.61 Å². The second-order valence-corrected chi connectivity index (χ2v) is 7.31. The summed E-state index contributed by atoms with van der Waals surface area (Å²) in [7, 11) is 0. The molecule has 0 fully saturated rings. The summed E-state index contributed by atoms with van der Waals surface area (Å²) in [6, 6.07) is 14.4. The maximum atomic E-state index is 13.1. The van der Waals surface area contributed by atoms with E-state index in [-0.39, 0.29) is 25.1 Å². The number of nitrogens with zero attached hydrogens (tertiary/aromatic N) is 3. The Morgan fingerprint density at radius 3 is 2.62 bits per heavy atom. The first-order chi connectivity index (χ1) is 14.0. The van der Waals surface area contributed by atoms with Crippen LogP contribution in [0.15, 0.2) is 52.9 Å². The van der Waals surface area contributed by atoms with Gasteiger partial charge in [-0.1, -0.05) is 35.9 Å². The lowest BCUT2D eigenvalue weighted by atomic mass is 10.2. The van der Waals surface area contributed by atoms with Crippen LogP contribution in [0.25, 0.3) is 11.5 Å². The lowest BCUT2D eigenvalue weighted by molar-refractivity contribution is -0.144. The molecule has 8 heteroatoms. The molecule has 1 amide bonds. The average molecular weight is 414 g/mol. The Kier molecular flexibility index (Phi) is 5.40. The van der Waals surface area contributed by atoms with Crippen LogP contribution >= 0.6 is 11.6 Å². The molecule has 0 saturated heterocycles. The summed E-state index contributed by atoms with van der Waals surface area (Å²) in [5, 5.41) is 8.66. The fraction of sp³-hybridized carbons (Fsp3) is 0.286. The van der Waals surface area contributed by atoms with E-state index in [1.807, 2.05) is 44.2 Å². The van der Waals surface area contributed by atoms with Gasteiger partial charge in [-0.25, -0.2) is 0 Å². The highest BCUT2D eigenvalue weighted by molar-refractivity contribution is 6.33. The van der Waals surface area contributed by atoms with E-state index in [9.17, 15) is 4.79 Å². The van der Waals surface area contributed by atoms with Crippen LogP contribution in [-0.4, -0.2) is 39.8 Å². The van der Waals surface area contributed by atoms with E-state index in [0.29, 0.717) is 33.9 Å². The van der Waals surface area contributed by atoms with Crippen LogP contribution in [0.2, 0.25) is 5.02 Å². The van der Waals surface area contributed by atoms with Crippen molar-refractivity contribution in [3.8, 4) is 23.0 Å². The second-order valence-electron chi connectivity index (χ2n) is 6.90. The van der Waals surface area contributed by atoms with Crippen molar-refractivity contribution in [2.24, 2.45) is 0 Å². The molecule has 29 heavy (non-hydrogen) atoms. The Labute approximate surface area is 173 Å². The van der Waals surface area contributed by atoms with E-state index in [4.69, 9.17) is 25.5 Å². The van der Waals surface area contributed by atoms with Crippen molar-refractivity contribution in [3.05, 3.63) is 59.4 Å². The van der Waals surface area contributed by atoms with Gasteiger partial charge in [0.25, 0.3) is 5.91 Å². The van der Waals surface area contributed by atoms with E-state index in [1.54, 1.807) is 23.1 Å². The van der Waals surface area contributed by atoms with Gasteiger partial charge in [0, 0.05) is 6.04 Å². The summed E-state index contributed by atoms with van der Waals surface area (Å²) in [4.78, 5) is 14.7. The number of ether oxygens (including phenoxy) is 2. The molecule has 0 bridgehead atoms. The molecule has 0 spiro atoms. The predicted molar refractivity (Wildman–Crippen MR) is 107 cm³/mol. The van der Waals surface area contributed by atoms with Crippen molar-refractivity contribution in [1.82, 2.24) is 15.1 Å². The van der Waals surface area contributed by atoms with Crippen molar-refractivity contribution in [2.45, 2.75) is 32.5 Å². The highest BCUT2D eigenvalue weighted by Crippen LogP contribution is 2.32. The van der Waals surface area contributed by atoms with Crippen molar-refractivity contribution in [1.29, 1.82) is 0 Å². The van der Waals surface area contributed by atoms with Gasteiger partial charge in [-0.05, 0) is 38.1 Å². The molecular weight excluding hydrogens is 394 g/mol. The molecule has 2 heterocycles. The SMILES string of the molecule is CC(C)N(Cc1nnc(-c2ccccc2Cl)o1)C(=O)[C@@H]1COc2ccccc2O1. The van der Waals surface area contributed by atoms with Crippen LogP contribution in [0.5, 0.6) is 11.5 Å². The zero-order chi connectivity index (χ0) is 20.4. The van der Waals surface area contributed by atoms with Gasteiger partial charge in [0.1, 0.15) is 6.61 Å². The van der Waals surface area contributed by atoms with Crippen molar-refractivity contribution >= 4 is 17.5 Å². The van der Waals surface area contributed by atoms with E-state index in [2.05, 4.69) is 10.2 Å². The van der Waals surface area contributed by atoms with Crippen LogP contribution < -0.4 is 9.47 Å². The third-order valence-electron chi connectivity index (χ3n) is 4.57. The third kappa shape index (κ3) is 4.05. The number of carbonyl (C=O) groups is 1. The monoisotopic (exact) mass is 413 g/mol. The molecule has 1 atom stereocenters. The maximum absolute atomic E-state index is 13.1. The first-order valence-corrected chi connectivity index (χ1v) is 9.67. The molecule has 4 rings (SSSR count). The first kappa shape index (κ1) is 19.3. The summed E-state index contributed by atoms with van der Waals surface area (Å²) in [6.45, 7) is 4.14. The third-order valence-corrected chi connectivity index (χ3v) is 4.90. The molecule has 0 N–H and O–H groups in total. The van der Waals surface area contributed by atoms with Gasteiger partial charge in [-0.15, -0.1) is 10.2 Å². The highest BCUT2D eigenvalue weighted by Gasteiger charge is 2.33. The molecule has 1 aliphatic rings. The number of fused-ring (bicyclic) bond motifs is 1. The lowest BCUT2D eigenvalue weighted by Gasteiger charge is -2.32. The quantitative estimate of drug-likeness (QED) is 0.629. The Hall–Kier alpha value is -3.06. The molecule has 2 aromatic carbocycles. The number of aromatic nitrogens is 2. The van der Waals surface area contributed by atoms with Gasteiger partial charge in [-0.3, -0.25) is 4.79 Å². The molecule has 3 aromatic rings. The average Bonchev–Trinajstić information content (AvgIpc) is 3.20. The van der Waals surface area contributed by atoms with Crippen LogP contribution in [0.1, 0.15) is 19.7 Å². The zero-order valence-electron chi connectivity index (χ0n) is 16.0. The number of benzene rings is 2. The number of rotatable bonds is 5. The van der Waals surface area contributed by atoms with Gasteiger partial charge in [0.15, 0.2) is 11.5 Å². The fourth-order valence-electron chi connectivity index (χ4n) is 3.05. The number of halogens is 1. The minimum absolute atomic E-state index is 0.0982. The van der Waals surface area contributed by atoms with E-state index in [0.717, 1.165) is 0 Å². The summed E-state index contributed by atoms with van der Waals surface area (Å²) in [5.41, 5.74) is 0.649. The Morgan fingerprint density at radius 2 is 1.86 bits per heavy atom. The molecule has 0 unspecified atom stereocenters. The summed E-state index contributed by atoms with van der Waals surface area (Å²) in [5.74, 6) is 1.62. The number of amides is 1. The number of para-hydroxylation sites is 2. The standard InChI is InChI=1S/C21H20ClN3O4/c1-13(2)25(21(26)18-12-27-16-9-5-6-10-17(16)28-18)11-19-23-24-20(29-19)14-7-3-4-8-15(14)22/h3-10,13,18H,11-12H2,1-2H3/t18-/m0/s1. The molecule has 1 aromatic heterocycles. The number of carbonyl (C=O) groups excluding carboxylic acids is 1. The number of hydrogen-bond donors (Lipinski definition) is 0. The molecule has 0 radical (unpaired) electrons. The summed E-state index contributed by atoms with van der Waals surface area (Å²) < 4.78 is 17.3. The minimum Gasteiger partial charge on any atom is -0.485 e. The largest absolute Gasteiger partial charge is 0.485 e. The topological polar surface area (TPSA) is 77.7 Å². The smallest absolute Gasteiger partial charge is 0.267 e. The van der Waals surface area contributed by atoms with E-state index >= 15 is 0 Å². The van der Waals surface area contributed by atoms with Gasteiger partial charge in [0.05, 0.1) is 17.1 Å². The van der Waals surface area contributed by atoms with Crippen LogP contribution in [0, 0.1) is 0 Å².